The van der Waals surface area contributed by atoms with Crippen molar-refractivity contribution in [1.82, 2.24) is 0 Å². The highest BCUT2D eigenvalue weighted by molar-refractivity contribution is 5.85. The molecule has 0 spiro atoms. The molecule has 2 N–H and O–H groups in total. The molecule has 1 rings (SSSR count). The molecule has 6 heteroatoms. The van der Waals surface area contributed by atoms with Crippen LogP contribution in [0.25, 0.3) is 0 Å². The van der Waals surface area contributed by atoms with Crippen LogP contribution < -0.4 is 5.73 Å². The van der Waals surface area contributed by atoms with Crippen LogP contribution in [0.5, 0.6) is 0 Å². The Morgan fingerprint density at radius 1 is 1.29 bits per heavy atom. The summed E-state index contributed by atoms with van der Waals surface area (Å²) in [6.07, 6.45) is -3.45. The monoisotopic (exact) mass is 271 g/mol. The zero-order valence-electron chi connectivity index (χ0n) is 9.22. The van der Waals surface area contributed by atoms with Crippen LogP contribution in [0.3, 0.4) is 0 Å². The summed E-state index contributed by atoms with van der Waals surface area (Å²) >= 11 is 0. The smallest absolute Gasteiger partial charge is 0.324 e. The Morgan fingerprint density at radius 3 is 2.35 bits per heavy atom. The summed E-state index contributed by atoms with van der Waals surface area (Å²) in [6.45, 7) is 1.81. The highest BCUT2D eigenvalue weighted by Crippen LogP contribution is 2.35. The summed E-state index contributed by atoms with van der Waals surface area (Å²) in [4.78, 5) is 0. The van der Waals surface area contributed by atoms with Gasteiger partial charge in [-0.15, -0.1) is 12.4 Å². The van der Waals surface area contributed by atoms with E-state index in [0.717, 1.165) is 18.2 Å². The van der Waals surface area contributed by atoms with Gasteiger partial charge in [0.25, 0.3) is 0 Å². The maximum Gasteiger partial charge on any atom is 0.416 e. The molecular weight excluding hydrogens is 258 g/mol. The molecule has 1 aromatic rings. The van der Waals surface area contributed by atoms with Crippen molar-refractivity contribution < 1.29 is 17.6 Å². The fourth-order valence-corrected chi connectivity index (χ4v) is 1.57. The first kappa shape index (κ1) is 16.2. The van der Waals surface area contributed by atoms with Crippen LogP contribution in [-0.4, -0.2) is 0 Å². The van der Waals surface area contributed by atoms with Gasteiger partial charge in [-0.25, -0.2) is 4.39 Å². The van der Waals surface area contributed by atoms with Gasteiger partial charge in [0.1, 0.15) is 5.82 Å². The maximum atomic E-state index is 12.9. The van der Waals surface area contributed by atoms with Crippen LogP contribution in [0.15, 0.2) is 18.2 Å². The first-order chi connectivity index (χ1) is 7.36. The molecule has 0 saturated heterocycles. The third-order valence-corrected chi connectivity index (χ3v) is 2.32. The summed E-state index contributed by atoms with van der Waals surface area (Å²) < 4.78 is 50.7. The molecule has 0 aliphatic heterocycles. The predicted molar refractivity (Wildman–Crippen MR) is 60.5 cm³/mol. The van der Waals surface area contributed by atoms with Gasteiger partial charge in [-0.05, 0) is 30.2 Å². The van der Waals surface area contributed by atoms with E-state index in [0.29, 0.717) is 12.8 Å². The molecule has 0 amide bonds. The number of nitrogens with two attached hydrogens (primary N) is 1. The van der Waals surface area contributed by atoms with E-state index in [1.165, 1.54) is 0 Å². The zero-order chi connectivity index (χ0) is 12.3. The van der Waals surface area contributed by atoms with E-state index in [9.17, 15) is 17.6 Å². The molecule has 17 heavy (non-hydrogen) atoms. The summed E-state index contributed by atoms with van der Waals surface area (Å²) in [6, 6.07) is 1.62. The van der Waals surface area contributed by atoms with Crippen LogP contribution in [0.4, 0.5) is 17.6 Å². The fraction of sp³-hybridized carbons (Fsp3) is 0.455. The van der Waals surface area contributed by atoms with E-state index < -0.39 is 23.6 Å². The van der Waals surface area contributed by atoms with Crippen molar-refractivity contribution in [1.29, 1.82) is 0 Å². The Hall–Kier alpha value is -0.810. The number of hydrogen-bond donors (Lipinski definition) is 1. The average Bonchev–Trinajstić information content (AvgIpc) is 2.16. The second-order valence-corrected chi connectivity index (χ2v) is 3.62. The first-order valence-electron chi connectivity index (χ1n) is 4.98. The van der Waals surface area contributed by atoms with Crippen LogP contribution >= 0.6 is 12.4 Å². The lowest BCUT2D eigenvalue weighted by atomic mass is 9.97. The maximum absolute atomic E-state index is 12.9. The van der Waals surface area contributed by atoms with E-state index in [-0.39, 0.29) is 18.0 Å². The van der Waals surface area contributed by atoms with Crippen LogP contribution in [0, 0.1) is 5.82 Å². The molecule has 0 aliphatic rings. The predicted octanol–water partition coefficient (Wildman–Crippen LogP) is 4.07. The van der Waals surface area contributed by atoms with E-state index >= 15 is 0 Å². The quantitative estimate of drug-likeness (QED) is 0.824. The summed E-state index contributed by atoms with van der Waals surface area (Å²) in [5.74, 6) is -0.699. The average molecular weight is 272 g/mol. The molecule has 0 saturated carbocycles. The molecule has 1 aromatic carbocycles. The Bertz CT molecular complexity index is 365. The topological polar surface area (TPSA) is 26.0 Å². The lowest BCUT2D eigenvalue weighted by Gasteiger charge is -2.17. The highest BCUT2D eigenvalue weighted by Gasteiger charge is 2.34. The molecule has 0 aromatic heterocycles. The molecule has 0 radical (unpaired) electrons. The number of halogens is 5. The SMILES string of the molecule is CCC[C@H](N)c1cc(F)ccc1C(F)(F)F.Cl. The van der Waals surface area contributed by atoms with E-state index in [1.54, 1.807) is 0 Å². The summed E-state index contributed by atoms with van der Waals surface area (Å²) in [7, 11) is 0. The Morgan fingerprint density at radius 2 is 1.88 bits per heavy atom. The standard InChI is InChI=1S/C11H13F4N.ClH/c1-2-3-10(16)8-6-7(12)4-5-9(8)11(13,14)15;/h4-6,10H,2-3,16H2,1H3;1H/t10-;/m0./s1. The number of rotatable bonds is 3. The lowest BCUT2D eigenvalue weighted by molar-refractivity contribution is -0.138. The van der Waals surface area contributed by atoms with E-state index in [1.807, 2.05) is 6.92 Å². The van der Waals surface area contributed by atoms with Crippen molar-refractivity contribution in [2.75, 3.05) is 0 Å². The molecule has 0 aliphatic carbocycles. The van der Waals surface area contributed by atoms with Gasteiger partial charge in [-0.1, -0.05) is 13.3 Å². The second-order valence-electron chi connectivity index (χ2n) is 3.62. The molecule has 0 unspecified atom stereocenters. The lowest BCUT2D eigenvalue weighted by Crippen LogP contribution is -2.17. The summed E-state index contributed by atoms with van der Waals surface area (Å²) in [5, 5.41) is 0. The van der Waals surface area contributed by atoms with Gasteiger partial charge < -0.3 is 5.73 Å². The fourth-order valence-electron chi connectivity index (χ4n) is 1.57. The minimum Gasteiger partial charge on any atom is -0.324 e. The highest BCUT2D eigenvalue weighted by atomic mass is 35.5. The van der Waals surface area contributed by atoms with Gasteiger partial charge in [0, 0.05) is 6.04 Å². The van der Waals surface area contributed by atoms with Crippen molar-refractivity contribution in [2.45, 2.75) is 32.0 Å². The number of benzene rings is 1. The van der Waals surface area contributed by atoms with Crippen LogP contribution in [0.2, 0.25) is 0 Å². The summed E-state index contributed by atoms with van der Waals surface area (Å²) in [5.41, 5.74) is 4.58. The van der Waals surface area contributed by atoms with Crippen molar-refractivity contribution in [3.8, 4) is 0 Å². The molecule has 1 nitrogen and oxygen atoms in total. The van der Waals surface area contributed by atoms with Crippen molar-refractivity contribution >= 4 is 12.4 Å². The normalized spacial score (nSPS) is 13.1. The Balaban J connectivity index is 0.00000256. The third-order valence-electron chi connectivity index (χ3n) is 2.32. The van der Waals surface area contributed by atoms with Gasteiger partial charge in [0.15, 0.2) is 0 Å². The third kappa shape index (κ3) is 4.16. The van der Waals surface area contributed by atoms with Crippen molar-refractivity contribution in [3.63, 3.8) is 0 Å². The number of hydrogen-bond acceptors (Lipinski definition) is 1. The molecular formula is C11H14ClF4N. The van der Waals surface area contributed by atoms with E-state index in [4.69, 9.17) is 5.73 Å². The second kappa shape index (κ2) is 6.21. The number of alkyl halides is 3. The Kier molecular flexibility index (Phi) is 5.92. The van der Waals surface area contributed by atoms with Crippen molar-refractivity contribution in [3.05, 3.63) is 35.1 Å². The Labute approximate surface area is 103 Å². The van der Waals surface area contributed by atoms with Gasteiger partial charge in [-0.2, -0.15) is 13.2 Å². The van der Waals surface area contributed by atoms with Gasteiger partial charge in [0.05, 0.1) is 5.56 Å². The van der Waals surface area contributed by atoms with E-state index in [2.05, 4.69) is 0 Å². The van der Waals surface area contributed by atoms with Gasteiger partial charge in [0.2, 0.25) is 0 Å². The largest absolute Gasteiger partial charge is 0.416 e. The molecule has 0 bridgehead atoms. The molecule has 98 valence electrons. The molecule has 1 atom stereocenters. The van der Waals surface area contributed by atoms with Gasteiger partial charge >= 0.3 is 6.18 Å². The van der Waals surface area contributed by atoms with Crippen molar-refractivity contribution in [2.24, 2.45) is 5.73 Å². The van der Waals surface area contributed by atoms with Crippen LogP contribution in [0.1, 0.15) is 36.9 Å². The zero-order valence-corrected chi connectivity index (χ0v) is 10.0. The van der Waals surface area contributed by atoms with Crippen LogP contribution in [-0.2, 0) is 6.18 Å². The first-order valence-corrected chi connectivity index (χ1v) is 4.98. The van der Waals surface area contributed by atoms with Gasteiger partial charge in [-0.3, -0.25) is 0 Å². The minimum absolute atomic E-state index is 0. The minimum atomic E-state index is -4.49. The molecule has 0 fully saturated rings. The molecule has 0 heterocycles.